The van der Waals surface area contributed by atoms with Crippen LogP contribution in [0.2, 0.25) is 0 Å². The second-order valence-electron chi connectivity index (χ2n) is 4.95. The number of ether oxygens (including phenoxy) is 1. The van der Waals surface area contributed by atoms with Crippen LogP contribution in [0.5, 0.6) is 5.75 Å². The van der Waals surface area contributed by atoms with Gasteiger partial charge >= 0.3 is 0 Å². The standard InChI is InChI=1S/C14H23N3O2/c1-14(13(15)18,16-8-9-17(2)3)11-6-5-7-12(10-11)19-4/h5-7,10,16H,8-9H2,1-4H3,(H2,15,18). The van der Waals surface area contributed by atoms with E-state index in [1.807, 2.05) is 43.3 Å². The van der Waals surface area contributed by atoms with E-state index in [0.717, 1.165) is 12.1 Å². The number of carbonyl (C=O) groups is 1. The number of nitrogens with two attached hydrogens (primary N) is 1. The van der Waals surface area contributed by atoms with E-state index in [9.17, 15) is 4.79 Å². The fraction of sp³-hybridized carbons (Fsp3) is 0.500. The highest BCUT2D eigenvalue weighted by molar-refractivity contribution is 5.85. The molecule has 19 heavy (non-hydrogen) atoms. The summed E-state index contributed by atoms with van der Waals surface area (Å²) >= 11 is 0. The molecule has 1 rings (SSSR count). The van der Waals surface area contributed by atoms with Gasteiger partial charge < -0.3 is 15.4 Å². The van der Waals surface area contributed by atoms with Crippen LogP contribution >= 0.6 is 0 Å². The van der Waals surface area contributed by atoms with Crippen LogP contribution < -0.4 is 15.8 Å². The highest BCUT2D eigenvalue weighted by Gasteiger charge is 2.32. The van der Waals surface area contributed by atoms with Crippen molar-refractivity contribution in [1.82, 2.24) is 10.2 Å². The molecule has 106 valence electrons. The molecule has 1 aromatic rings. The first-order chi connectivity index (χ1) is 8.90. The molecule has 0 bridgehead atoms. The lowest BCUT2D eigenvalue weighted by Gasteiger charge is -2.29. The number of hydrogen-bond donors (Lipinski definition) is 2. The first kappa shape index (κ1) is 15.5. The largest absolute Gasteiger partial charge is 0.497 e. The Morgan fingerprint density at radius 3 is 2.68 bits per heavy atom. The number of hydrogen-bond acceptors (Lipinski definition) is 4. The Kier molecular flexibility index (Phi) is 5.32. The second kappa shape index (κ2) is 6.54. The van der Waals surface area contributed by atoms with Crippen molar-refractivity contribution in [2.24, 2.45) is 5.73 Å². The van der Waals surface area contributed by atoms with Crippen LogP contribution in [0, 0.1) is 0 Å². The van der Waals surface area contributed by atoms with Crippen molar-refractivity contribution in [2.75, 3.05) is 34.3 Å². The number of benzene rings is 1. The molecule has 0 saturated heterocycles. The molecule has 0 heterocycles. The molecule has 5 nitrogen and oxygen atoms in total. The van der Waals surface area contributed by atoms with Gasteiger partial charge in [-0.1, -0.05) is 12.1 Å². The second-order valence-corrected chi connectivity index (χ2v) is 4.95. The molecule has 1 atom stereocenters. The van der Waals surface area contributed by atoms with E-state index in [-0.39, 0.29) is 0 Å². The predicted molar refractivity (Wildman–Crippen MR) is 76.1 cm³/mol. The van der Waals surface area contributed by atoms with Crippen LogP contribution in [0.3, 0.4) is 0 Å². The van der Waals surface area contributed by atoms with E-state index in [1.54, 1.807) is 14.0 Å². The first-order valence-electron chi connectivity index (χ1n) is 6.24. The van der Waals surface area contributed by atoms with Crippen LogP contribution in [0.15, 0.2) is 24.3 Å². The van der Waals surface area contributed by atoms with Crippen LogP contribution in [0.4, 0.5) is 0 Å². The third-order valence-electron chi connectivity index (χ3n) is 3.18. The first-order valence-corrected chi connectivity index (χ1v) is 6.24. The van der Waals surface area contributed by atoms with E-state index in [1.165, 1.54) is 0 Å². The molecule has 0 aliphatic heterocycles. The molecule has 1 aromatic carbocycles. The lowest BCUT2D eigenvalue weighted by Crippen LogP contribution is -2.51. The number of nitrogens with zero attached hydrogens (tertiary/aromatic N) is 1. The van der Waals surface area contributed by atoms with Crippen LogP contribution in [-0.4, -0.2) is 45.1 Å². The Morgan fingerprint density at radius 2 is 2.16 bits per heavy atom. The third-order valence-corrected chi connectivity index (χ3v) is 3.18. The van der Waals surface area contributed by atoms with E-state index in [4.69, 9.17) is 10.5 Å². The zero-order valence-corrected chi connectivity index (χ0v) is 12.1. The monoisotopic (exact) mass is 265 g/mol. The summed E-state index contributed by atoms with van der Waals surface area (Å²) in [5.41, 5.74) is 5.46. The Labute approximate surface area is 114 Å². The normalized spacial score (nSPS) is 14.2. The lowest BCUT2D eigenvalue weighted by atomic mass is 9.91. The van der Waals surface area contributed by atoms with Gasteiger partial charge in [0.1, 0.15) is 11.3 Å². The van der Waals surface area contributed by atoms with Gasteiger partial charge in [0.2, 0.25) is 5.91 Å². The van der Waals surface area contributed by atoms with Crippen molar-refractivity contribution < 1.29 is 9.53 Å². The van der Waals surface area contributed by atoms with Crippen molar-refractivity contribution >= 4 is 5.91 Å². The summed E-state index contributed by atoms with van der Waals surface area (Å²) in [5, 5.41) is 3.22. The topological polar surface area (TPSA) is 67.6 Å². The van der Waals surface area contributed by atoms with Crippen molar-refractivity contribution in [3.8, 4) is 5.75 Å². The number of methoxy groups -OCH3 is 1. The van der Waals surface area contributed by atoms with Gasteiger partial charge in [0.25, 0.3) is 0 Å². The van der Waals surface area contributed by atoms with E-state index >= 15 is 0 Å². The number of rotatable bonds is 7. The van der Waals surface area contributed by atoms with Gasteiger partial charge in [-0.3, -0.25) is 10.1 Å². The summed E-state index contributed by atoms with van der Waals surface area (Å²) in [4.78, 5) is 13.8. The SMILES string of the molecule is COc1cccc(C(C)(NCCN(C)C)C(N)=O)c1. The Morgan fingerprint density at radius 1 is 1.47 bits per heavy atom. The van der Waals surface area contributed by atoms with Crippen LogP contribution in [0.25, 0.3) is 0 Å². The number of primary amides is 1. The van der Waals surface area contributed by atoms with Crippen molar-refractivity contribution in [3.05, 3.63) is 29.8 Å². The summed E-state index contributed by atoms with van der Waals surface area (Å²) in [5.74, 6) is 0.305. The van der Waals surface area contributed by atoms with E-state index in [2.05, 4.69) is 5.32 Å². The minimum atomic E-state index is -0.898. The summed E-state index contributed by atoms with van der Waals surface area (Å²) < 4.78 is 5.18. The minimum absolute atomic E-state index is 0.403. The lowest BCUT2D eigenvalue weighted by molar-refractivity contribution is -0.124. The molecule has 5 heteroatoms. The zero-order valence-electron chi connectivity index (χ0n) is 12.1. The van der Waals surface area contributed by atoms with Gasteiger partial charge in [0.05, 0.1) is 7.11 Å². The molecule has 0 aromatic heterocycles. The molecule has 1 unspecified atom stereocenters. The fourth-order valence-corrected chi connectivity index (χ4v) is 1.80. The Hall–Kier alpha value is -1.59. The highest BCUT2D eigenvalue weighted by Crippen LogP contribution is 2.24. The van der Waals surface area contributed by atoms with Crippen LogP contribution in [0.1, 0.15) is 12.5 Å². The molecule has 0 saturated carbocycles. The predicted octanol–water partition coefficient (Wildman–Crippen LogP) is 0.547. The maximum absolute atomic E-state index is 11.8. The van der Waals surface area contributed by atoms with E-state index in [0.29, 0.717) is 12.3 Å². The van der Waals surface area contributed by atoms with Gasteiger partial charge in [-0.15, -0.1) is 0 Å². The summed E-state index contributed by atoms with van der Waals surface area (Å²) in [6.07, 6.45) is 0. The Balaban J connectivity index is 2.94. The third kappa shape index (κ3) is 3.94. The summed E-state index contributed by atoms with van der Waals surface area (Å²) in [6.45, 7) is 3.29. The van der Waals surface area contributed by atoms with Gasteiger partial charge in [-0.25, -0.2) is 0 Å². The average Bonchev–Trinajstić information content (AvgIpc) is 2.37. The maximum atomic E-state index is 11.8. The molecular weight excluding hydrogens is 242 g/mol. The zero-order chi connectivity index (χ0) is 14.5. The van der Waals surface area contributed by atoms with E-state index < -0.39 is 11.4 Å². The smallest absolute Gasteiger partial charge is 0.242 e. The molecular formula is C14H23N3O2. The molecule has 0 spiro atoms. The molecule has 0 radical (unpaired) electrons. The number of carbonyl (C=O) groups excluding carboxylic acids is 1. The van der Waals surface area contributed by atoms with Crippen LogP contribution in [-0.2, 0) is 10.3 Å². The number of nitrogens with one attached hydrogen (secondary N) is 1. The maximum Gasteiger partial charge on any atom is 0.242 e. The fourth-order valence-electron chi connectivity index (χ4n) is 1.80. The quantitative estimate of drug-likeness (QED) is 0.755. The minimum Gasteiger partial charge on any atom is -0.497 e. The average molecular weight is 265 g/mol. The summed E-state index contributed by atoms with van der Waals surface area (Å²) in [6, 6.07) is 7.39. The molecule has 0 aliphatic carbocycles. The van der Waals surface area contributed by atoms with Crippen molar-refractivity contribution in [2.45, 2.75) is 12.5 Å². The van der Waals surface area contributed by atoms with Gasteiger partial charge in [0.15, 0.2) is 0 Å². The molecule has 0 fully saturated rings. The molecule has 1 amide bonds. The highest BCUT2D eigenvalue weighted by atomic mass is 16.5. The van der Waals surface area contributed by atoms with Gasteiger partial charge in [-0.05, 0) is 38.7 Å². The van der Waals surface area contributed by atoms with Crippen molar-refractivity contribution in [3.63, 3.8) is 0 Å². The molecule has 0 aliphatic rings. The van der Waals surface area contributed by atoms with Crippen molar-refractivity contribution in [1.29, 1.82) is 0 Å². The number of amides is 1. The Bertz CT molecular complexity index is 434. The van der Waals surface area contributed by atoms with Gasteiger partial charge in [-0.2, -0.15) is 0 Å². The molecule has 3 N–H and O–H groups in total. The number of likely N-dealkylation sites (N-methyl/N-ethyl adjacent to an activating group) is 1. The summed E-state index contributed by atoms with van der Waals surface area (Å²) in [7, 11) is 5.56. The van der Waals surface area contributed by atoms with Gasteiger partial charge in [0, 0.05) is 13.1 Å².